The maximum absolute atomic E-state index is 4.49. The predicted octanol–water partition coefficient (Wildman–Crippen LogP) is 3.71. The van der Waals surface area contributed by atoms with Crippen molar-refractivity contribution in [3.63, 3.8) is 0 Å². The highest BCUT2D eigenvalue weighted by Gasteiger charge is 2.09. The lowest BCUT2D eigenvalue weighted by Crippen LogP contribution is -2.01. The molecule has 0 radical (unpaired) electrons. The molecule has 0 unspecified atom stereocenters. The smallest absolute Gasteiger partial charge is 0.169 e. The number of nitrogens with one attached hydrogen (secondary N) is 1. The van der Waals surface area contributed by atoms with E-state index in [0.29, 0.717) is 0 Å². The van der Waals surface area contributed by atoms with Crippen LogP contribution in [0.15, 0.2) is 60.5 Å². The topological polar surface area (TPSA) is 68.5 Å². The second kappa shape index (κ2) is 6.82. The molecule has 3 heterocycles. The van der Waals surface area contributed by atoms with Crippen LogP contribution in [0.1, 0.15) is 10.6 Å². The summed E-state index contributed by atoms with van der Waals surface area (Å²) in [5, 5.41) is 11.6. The van der Waals surface area contributed by atoms with Gasteiger partial charge >= 0.3 is 0 Å². The van der Waals surface area contributed by atoms with Gasteiger partial charge in [0.25, 0.3) is 0 Å². The summed E-state index contributed by atoms with van der Waals surface area (Å²) >= 11 is 1.65. The molecule has 1 aromatic carbocycles. The van der Waals surface area contributed by atoms with E-state index in [1.807, 2.05) is 65.7 Å². The van der Waals surface area contributed by atoms with Crippen LogP contribution in [0.25, 0.3) is 17.1 Å². The van der Waals surface area contributed by atoms with Crippen molar-refractivity contribution in [1.82, 2.24) is 24.7 Å². The standard InChI is InChI=1S/C18H16N6S/c1-13-16(25-12-21-13)10-20-17-8-7-14(9-19-17)18-23-22-11-24(18)15-5-3-2-4-6-15/h2-9,11-12H,10H2,1H3,(H,19,20). The van der Waals surface area contributed by atoms with Crippen molar-refractivity contribution in [3.05, 3.63) is 71.1 Å². The zero-order chi connectivity index (χ0) is 17.1. The van der Waals surface area contributed by atoms with Crippen LogP contribution in [0.2, 0.25) is 0 Å². The second-order valence-electron chi connectivity index (χ2n) is 5.51. The molecule has 4 rings (SSSR count). The Labute approximate surface area is 149 Å². The molecule has 3 aromatic heterocycles. The Kier molecular flexibility index (Phi) is 4.22. The minimum Gasteiger partial charge on any atom is -0.365 e. The van der Waals surface area contributed by atoms with Crippen LogP contribution < -0.4 is 5.32 Å². The van der Waals surface area contributed by atoms with Crippen molar-refractivity contribution in [2.75, 3.05) is 5.32 Å². The van der Waals surface area contributed by atoms with E-state index in [4.69, 9.17) is 0 Å². The minimum absolute atomic E-state index is 0.725. The minimum atomic E-state index is 0.725. The number of rotatable bonds is 5. The Morgan fingerprint density at radius 2 is 1.96 bits per heavy atom. The number of anilines is 1. The van der Waals surface area contributed by atoms with E-state index in [1.165, 1.54) is 4.88 Å². The highest BCUT2D eigenvalue weighted by molar-refractivity contribution is 7.09. The summed E-state index contributed by atoms with van der Waals surface area (Å²) in [6.45, 7) is 2.74. The number of aryl methyl sites for hydroxylation is 1. The third-order valence-electron chi connectivity index (χ3n) is 3.88. The summed E-state index contributed by atoms with van der Waals surface area (Å²) < 4.78 is 1.95. The summed E-state index contributed by atoms with van der Waals surface area (Å²) in [6.07, 6.45) is 3.52. The average Bonchev–Trinajstić information content (AvgIpc) is 3.30. The molecule has 124 valence electrons. The largest absolute Gasteiger partial charge is 0.365 e. The number of hydrogen-bond donors (Lipinski definition) is 1. The van der Waals surface area contributed by atoms with Crippen LogP contribution in [0.3, 0.4) is 0 Å². The molecule has 1 N–H and O–H groups in total. The lowest BCUT2D eigenvalue weighted by atomic mass is 10.2. The van der Waals surface area contributed by atoms with Crippen molar-refractivity contribution in [3.8, 4) is 17.1 Å². The Morgan fingerprint density at radius 1 is 1.08 bits per heavy atom. The van der Waals surface area contributed by atoms with E-state index < -0.39 is 0 Å². The third kappa shape index (κ3) is 3.27. The molecular weight excluding hydrogens is 332 g/mol. The predicted molar refractivity (Wildman–Crippen MR) is 98.8 cm³/mol. The molecule has 4 aromatic rings. The molecule has 0 spiro atoms. The van der Waals surface area contributed by atoms with Crippen LogP contribution in [0.4, 0.5) is 5.82 Å². The van der Waals surface area contributed by atoms with Crippen LogP contribution in [0.5, 0.6) is 0 Å². The number of pyridine rings is 1. The molecule has 0 aliphatic carbocycles. The molecule has 0 aliphatic heterocycles. The zero-order valence-corrected chi connectivity index (χ0v) is 14.4. The van der Waals surface area contributed by atoms with Crippen LogP contribution in [-0.4, -0.2) is 24.7 Å². The Balaban J connectivity index is 1.53. The summed E-state index contributed by atoms with van der Waals surface area (Å²) in [5.41, 5.74) is 4.86. The molecule has 7 heteroatoms. The molecule has 0 aliphatic rings. The van der Waals surface area contributed by atoms with Crippen molar-refractivity contribution in [2.45, 2.75) is 13.5 Å². The Bertz CT molecular complexity index is 959. The second-order valence-corrected chi connectivity index (χ2v) is 6.45. The van der Waals surface area contributed by atoms with Gasteiger partial charge in [0.15, 0.2) is 5.82 Å². The normalized spacial score (nSPS) is 10.8. The van der Waals surface area contributed by atoms with Crippen molar-refractivity contribution >= 4 is 17.2 Å². The number of hydrogen-bond acceptors (Lipinski definition) is 6. The summed E-state index contributed by atoms with van der Waals surface area (Å²) in [5.74, 6) is 1.59. The monoisotopic (exact) mass is 348 g/mol. The van der Waals surface area contributed by atoms with E-state index in [2.05, 4.69) is 25.5 Å². The Hall–Kier alpha value is -3.06. The SMILES string of the molecule is Cc1ncsc1CNc1ccc(-c2nncn2-c2ccccc2)cn1. The van der Waals surface area contributed by atoms with Gasteiger partial charge in [-0.3, -0.25) is 4.57 Å². The molecule has 0 fully saturated rings. The maximum Gasteiger partial charge on any atom is 0.169 e. The fraction of sp³-hybridized carbons (Fsp3) is 0.111. The first-order valence-electron chi connectivity index (χ1n) is 7.86. The van der Waals surface area contributed by atoms with E-state index >= 15 is 0 Å². The molecule has 0 atom stereocenters. The first kappa shape index (κ1) is 15.5. The fourth-order valence-corrected chi connectivity index (χ4v) is 3.22. The highest BCUT2D eigenvalue weighted by atomic mass is 32.1. The van der Waals surface area contributed by atoms with Gasteiger partial charge in [0.05, 0.1) is 17.7 Å². The average molecular weight is 348 g/mol. The molecule has 0 saturated carbocycles. The van der Waals surface area contributed by atoms with E-state index in [9.17, 15) is 0 Å². The van der Waals surface area contributed by atoms with Crippen molar-refractivity contribution in [1.29, 1.82) is 0 Å². The van der Waals surface area contributed by atoms with Gasteiger partial charge in [-0.2, -0.15) is 0 Å². The first-order valence-corrected chi connectivity index (χ1v) is 8.74. The number of para-hydroxylation sites is 1. The summed E-state index contributed by atoms with van der Waals surface area (Å²) in [6, 6.07) is 14.0. The highest BCUT2D eigenvalue weighted by Crippen LogP contribution is 2.21. The Morgan fingerprint density at radius 3 is 2.68 bits per heavy atom. The molecule has 0 saturated heterocycles. The first-order chi connectivity index (χ1) is 12.3. The van der Waals surface area contributed by atoms with Crippen molar-refractivity contribution < 1.29 is 0 Å². The lowest BCUT2D eigenvalue weighted by molar-refractivity contribution is 1.06. The van der Waals surface area contributed by atoms with E-state index in [1.54, 1.807) is 17.7 Å². The van der Waals surface area contributed by atoms with Gasteiger partial charge in [-0.25, -0.2) is 9.97 Å². The van der Waals surface area contributed by atoms with Gasteiger partial charge in [0.2, 0.25) is 0 Å². The maximum atomic E-state index is 4.49. The van der Waals surface area contributed by atoms with Crippen LogP contribution >= 0.6 is 11.3 Å². The third-order valence-corrected chi connectivity index (χ3v) is 4.81. The van der Waals surface area contributed by atoms with Gasteiger partial charge in [-0.1, -0.05) is 18.2 Å². The lowest BCUT2D eigenvalue weighted by Gasteiger charge is -2.08. The molecular formula is C18H16N6S. The van der Waals surface area contributed by atoms with Gasteiger partial charge < -0.3 is 5.32 Å². The number of thiazole rings is 1. The van der Waals surface area contributed by atoms with Gasteiger partial charge in [-0.05, 0) is 31.2 Å². The molecule has 25 heavy (non-hydrogen) atoms. The summed E-state index contributed by atoms with van der Waals surface area (Å²) in [7, 11) is 0. The van der Waals surface area contributed by atoms with E-state index in [-0.39, 0.29) is 0 Å². The van der Waals surface area contributed by atoms with Gasteiger partial charge in [0.1, 0.15) is 12.1 Å². The van der Waals surface area contributed by atoms with Crippen LogP contribution in [0, 0.1) is 6.92 Å². The summed E-state index contributed by atoms with van der Waals surface area (Å²) in [4.78, 5) is 9.96. The van der Waals surface area contributed by atoms with E-state index in [0.717, 1.165) is 35.1 Å². The quantitative estimate of drug-likeness (QED) is 0.595. The number of nitrogens with zero attached hydrogens (tertiary/aromatic N) is 5. The zero-order valence-electron chi connectivity index (χ0n) is 13.6. The van der Waals surface area contributed by atoms with Gasteiger partial charge in [0, 0.05) is 22.3 Å². The number of aromatic nitrogens is 5. The van der Waals surface area contributed by atoms with Gasteiger partial charge in [-0.15, -0.1) is 21.5 Å². The fourth-order valence-electron chi connectivity index (χ4n) is 2.51. The van der Waals surface area contributed by atoms with Crippen molar-refractivity contribution in [2.24, 2.45) is 0 Å². The molecule has 0 bridgehead atoms. The molecule has 0 amide bonds. The molecule has 6 nitrogen and oxygen atoms in total. The van der Waals surface area contributed by atoms with Crippen LogP contribution in [-0.2, 0) is 6.54 Å². The number of benzene rings is 1.